The second-order valence-electron chi connectivity index (χ2n) is 3.86. The summed E-state index contributed by atoms with van der Waals surface area (Å²) in [7, 11) is 0. The Bertz CT molecular complexity index is 417. The number of fused-ring (bicyclic) bond motifs is 1. The van der Waals surface area contributed by atoms with E-state index in [1.54, 1.807) is 0 Å². The van der Waals surface area contributed by atoms with Crippen molar-refractivity contribution in [3.8, 4) is 0 Å². The monoisotopic (exact) mass is 212 g/mol. The maximum atomic E-state index is 13.8. The molecule has 0 aliphatic heterocycles. The fraction of sp³-hybridized carbons (Fsp3) is 0.364. The molecule has 0 amide bonds. The first-order valence-electron chi connectivity index (χ1n) is 4.71. The summed E-state index contributed by atoms with van der Waals surface area (Å²) in [6.45, 7) is 0. The van der Waals surface area contributed by atoms with Crippen LogP contribution in [0.5, 0.6) is 0 Å². The third-order valence-corrected chi connectivity index (χ3v) is 2.81. The number of rotatable bonds is 1. The first-order valence-corrected chi connectivity index (χ1v) is 4.71. The van der Waals surface area contributed by atoms with Crippen LogP contribution in [0.4, 0.5) is 8.78 Å². The van der Waals surface area contributed by atoms with Crippen LogP contribution in [0.3, 0.4) is 0 Å². The van der Waals surface area contributed by atoms with Crippen molar-refractivity contribution in [3.05, 3.63) is 35.1 Å². The minimum Gasteiger partial charge on any atom is -0.479 e. The molecule has 1 aliphatic rings. The molecule has 1 atom stereocenters. The molecule has 0 saturated carbocycles. The van der Waals surface area contributed by atoms with Crippen LogP contribution < -0.4 is 0 Å². The van der Waals surface area contributed by atoms with E-state index in [2.05, 4.69) is 0 Å². The summed E-state index contributed by atoms with van der Waals surface area (Å²) in [5.41, 5.74) is -0.887. The van der Waals surface area contributed by atoms with Gasteiger partial charge in [0.2, 0.25) is 5.67 Å². The number of benzene rings is 1. The summed E-state index contributed by atoms with van der Waals surface area (Å²) in [4.78, 5) is 10.7. The number of hydrogen-bond acceptors (Lipinski definition) is 1. The number of carbonyl (C=O) groups is 1. The van der Waals surface area contributed by atoms with Gasteiger partial charge in [0.05, 0.1) is 0 Å². The van der Waals surface area contributed by atoms with Gasteiger partial charge >= 0.3 is 5.97 Å². The van der Waals surface area contributed by atoms with Gasteiger partial charge in [-0.05, 0) is 36.1 Å². The molecule has 1 aromatic rings. The van der Waals surface area contributed by atoms with Crippen molar-refractivity contribution in [1.29, 1.82) is 0 Å². The molecule has 0 radical (unpaired) electrons. The van der Waals surface area contributed by atoms with Gasteiger partial charge in [-0.1, -0.05) is 6.07 Å². The molecule has 0 spiro atoms. The lowest BCUT2D eigenvalue weighted by Crippen LogP contribution is -2.39. The van der Waals surface area contributed by atoms with E-state index in [9.17, 15) is 13.6 Å². The highest BCUT2D eigenvalue weighted by atomic mass is 19.1. The average molecular weight is 212 g/mol. The molecule has 1 aromatic carbocycles. The summed E-state index contributed by atoms with van der Waals surface area (Å²) in [6.07, 6.45) is 0.0205. The fourth-order valence-electron chi connectivity index (χ4n) is 1.91. The predicted octanol–water partition coefficient (Wildman–Crippen LogP) is 2.11. The number of halogens is 2. The lowest BCUT2D eigenvalue weighted by molar-refractivity contribution is -0.151. The van der Waals surface area contributed by atoms with Gasteiger partial charge in [-0.2, -0.15) is 0 Å². The summed E-state index contributed by atoms with van der Waals surface area (Å²) < 4.78 is 26.6. The number of hydrogen-bond donors (Lipinski definition) is 1. The van der Waals surface area contributed by atoms with Crippen molar-refractivity contribution < 1.29 is 18.7 Å². The number of aliphatic carboxylic acids is 1. The van der Waals surface area contributed by atoms with Gasteiger partial charge in [0.15, 0.2) is 0 Å². The van der Waals surface area contributed by atoms with Crippen LogP contribution in [-0.4, -0.2) is 16.7 Å². The molecule has 1 aliphatic carbocycles. The van der Waals surface area contributed by atoms with E-state index in [1.807, 2.05) is 0 Å². The topological polar surface area (TPSA) is 37.3 Å². The van der Waals surface area contributed by atoms with E-state index in [0.29, 0.717) is 11.1 Å². The smallest absolute Gasteiger partial charge is 0.341 e. The average Bonchev–Trinajstić information content (AvgIpc) is 2.18. The summed E-state index contributed by atoms with van der Waals surface area (Å²) in [5.74, 6) is -1.80. The zero-order valence-electron chi connectivity index (χ0n) is 7.96. The lowest BCUT2D eigenvalue weighted by Gasteiger charge is -2.27. The second kappa shape index (κ2) is 3.29. The normalized spacial score (nSPS) is 24.7. The van der Waals surface area contributed by atoms with Gasteiger partial charge in [-0.25, -0.2) is 13.6 Å². The van der Waals surface area contributed by atoms with Gasteiger partial charge in [0.25, 0.3) is 0 Å². The van der Waals surface area contributed by atoms with Crippen LogP contribution in [0.2, 0.25) is 0 Å². The van der Waals surface area contributed by atoms with E-state index < -0.39 is 11.6 Å². The van der Waals surface area contributed by atoms with E-state index in [-0.39, 0.29) is 25.1 Å². The molecule has 2 rings (SSSR count). The van der Waals surface area contributed by atoms with Crippen LogP contribution in [-0.2, 0) is 17.6 Å². The first kappa shape index (κ1) is 10.1. The Labute approximate surface area is 85.5 Å². The highest BCUT2D eigenvalue weighted by Crippen LogP contribution is 2.32. The van der Waals surface area contributed by atoms with Crippen LogP contribution >= 0.6 is 0 Å². The highest BCUT2D eigenvalue weighted by Gasteiger charge is 2.41. The maximum Gasteiger partial charge on any atom is 0.341 e. The van der Waals surface area contributed by atoms with Gasteiger partial charge in [-0.15, -0.1) is 0 Å². The SMILES string of the molecule is O=C(O)C1(F)CCc2cc(F)ccc2C1. The van der Waals surface area contributed by atoms with Crippen molar-refractivity contribution in [1.82, 2.24) is 0 Å². The molecule has 1 N–H and O–H groups in total. The van der Waals surface area contributed by atoms with Gasteiger partial charge in [0, 0.05) is 6.42 Å². The van der Waals surface area contributed by atoms with Crippen molar-refractivity contribution in [2.45, 2.75) is 24.9 Å². The van der Waals surface area contributed by atoms with E-state index in [1.165, 1.54) is 18.2 Å². The third-order valence-electron chi connectivity index (χ3n) is 2.81. The van der Waals surface area contributed by atoms with Crippen LogP contribution in [0.15, 0.2) is 18.2 Å². The molecule has 2 nitrogen and oxygen atoms in total. The van der Waals surface area contributed by atoms with E-state index >= 15 is 0 Å². The molecule has 0 heterocycles. The molecular formula is C11H10F2O2. The standard InChI is InChI=1S/C11H10F2O2/c12-9-2-1-8-6-11(13,10(14)15)4-3-7(8)5-9/h1-2,5H,3-4,6H2,(H,14,15). The van der Waals surface area contributed by atoms with Gasteiger partial charge < -0.3 is 5.11 Å². The Balaban J connectivity index is 2.35. The zero-order chi connectivity index (χ0) is 11.1. The third kappa shape index (κ3) is 1.71. The Kier molecular flexibility index (Phi) is 2.21. The predicted molar refractivity (Wildman–Crippen MR) is 49.9 cm³/mol. The van der Waals surface area contributed by atoms with Crippen LogP contribution in [0, 0.1) is 5.82 Å². The fourth-order valence-corrected chi connectivity index (χ4v) is 1.91. The molecule has 0 bridgehead atoms. The molecule has 0 fully saturated rings. The van der Waals surface area contributed by atoms with Crippen molar-refractivity contribution in [3.63, 3.8) is 0 Å². The summed E-state index contributed by atoms with van der Waals surface area (Å²) in [5, 5.41) is 8.73. The highest BCUT2D eigenvalue weighted by molar-refractivity contribution is 5.78. The molecule has 80 valence electrons. The largest absolute Gasteiger partial charge is 0.479 e. The van der Waals surface area contributed by atoms with Gasteiger partial charge in [0.1, 0.15) is 5.82 Å². The van der Waals surface area contributed by atoms with E-state index in [4.69, 9.17) is 5.11 Å². The Hall–Kier alpha value is -1.45. The molecule has 4 heteroatoms. The first-order chi connectivity index (χ1) is 7.01. The minimum absolute atomic E-state index is 0.0845. The minimum atomic E-state index is -2.19. The van der Waals surface area contributed by atoms with E-state index in [0.717, 1.165) is 0 Å². The van der Waals surface area contributed by atoms with Crippen molar-refractivity contribution >= 4 is 5.97 Å². The van der Waals surface area contributed by atoms with Crippen LogP contribution in [0.1, 0.15) is 17.5 Å². The van der Waals surface area contributed by atoms with Crippen LogP contribution in [0.25, 0.3) is 0 Å². The number of alkyl halides is 1. The second-order valence-corrected chi connectivity index (χ2v) is 3.86. The molecule has 0 saturated heterocycles. The Morgan fingerprint density at radius 1 is 1.40 bits per heavy atom. The Morgan fingerprint density at radius 2 is 2.13 bits per heavy atom. The molecule has 15 heavy (non-hydrogen) atoms. The lowest BCUT2D eigenvalue weighted by atomic mass is 9.82. The zero-order valence-corrected chi connectivity index (χ0v) is 7.96. The number of carboxylic acids is 1. The number of carboxylic acid groups (broad SMARTS) is 1. The molecular weight excluding hydrogens is 202 g/mol. The molecule has 1 unspecified atom stereocenters. The number of aryl methyl sites for hydroxylation is 1. The Morgan fingerprint density at radius 3 is 2.80 bits per heavy atom. The maximum absolute atomic E-state index is 13.8. The summed E-state index contributed by atoms with van der Waals surface area (Å²) in [6, 6.07) is 4.03. The summed E-state index contributed by atoms with van der Waals surface area (Å²) >= 11 is 0. The van der Waals surface area contributed by atoms with Crippen molar-refractivity contribution in [2.24, 2.45) is 0 Å². The molecule has 0 aromatic heterocycles. The quantitative estimate of drug-likeness (QED) is 0.774. The van der Waals surface area contributed by atoms with Gasteiger partial charge in [-0.3, -0.25) is 0 Å². The van der Waals surface area contributed by atoms with Crippen molar-refractivity contribution in [2.75, 3.05) is 0 Å².